The lowest BCUT2D eigenvalue weighted by atomic mass is 10.3. The summed E-state index contributed by atoms with van der Waals surface area (Å²) in [4.78, 5) is 16.3. The molecule has 1 N–H and O–H groups in total. The van der Waals surface area contributed by atoms with Crippen LogP contribution in [0.4, 0.5) is 5.13 Å². The molecule has 19 heavy (non-hydrogen) atoms. The number of hydrogen-bond donors (Lipinski definition) is 1. The van der Waals surface area contributed by atoms with E-state index in [-0.39, 0.29) is 5.91 Å². The van der Waals surface area contributed by atoms with Gasteiger partial charge in [0.05, 0.1) is 16.5 Å². The summed E-state index contributed by atoms with van der Waals surface area (Å²) in [6.07, 6.45) is 1.49. The third-order valence-electron chi connectivity index (χ3n) is 2.64. The van der Waals surface area contributed by atoms with Crippen LogP contribution in [0.15, 0.2) is 34.9 Å². The third kappa shape index (κ3) is 2.34. The van der Waals surface area contributed by atoms with Crippen LogP contribution >= 0.6 is 22.9 Å². The predicted molar refractivity (Wildman–Crippen MR) is 76.0 cm³/mol. The number of furan rings is 1. The molecule has 0 radical (unpaired) electrons. The number of hydrogen-bond acceptors (Lipinski definition) is 4. The maximum Gasteiger partial charge on any atom is 0.293 e. The van der Waals surface area contributed by atoms with E-state index in [0.717, 1.165) is 15.8 Å². The van der Waals surface area contributed by atoms with Crippen molar-refractivity contribution in [1.82, 2.24) is 4.98 Å². The van der Waals surface area contributed by atoms with Crippen LogP contribution in [0.2, 0.25) is 5.02 Å². The minimum Gasteiger partial charge on any atom is -0.459 e. The largest absolute Gasteiger partial charge is 0.459 e. The first-order valence-electron chi connectivity index (χ1n) is 5.55. The molecule has 2 heterocycles. The molecule has 0 spiro atoms. The molecular weight excluding hydrogens is 284 g/mol. The Labute approximate surface area is 118 Å². The van der Waals surface area contributed by atoms with Gasteiger partial charge in [-0.25, -0.2) is 4.98 Å². The quantitative estimate of drug-likeness (QED) is 0.773. The summed E-state index contributed by atoms with van der Waals surface area (Å²) < 4.78 is 6.06. The Morgan fingerprint density at radius 1 is 1.42 bits per heavy atom. The number of carbonyl (C=O) groups is 1. The SMILES string of the molecule is Cc1ccoc1C(=O)Nc1nc2ccc(Cl)cc2s1. The van der Waals surface area contributed by atoms with E-state index in [9.17, 15) is 4.79 Å². The molecule has 2 aromatic heterocycles. The highest BCUT2D eigenvalue weighted by molar-refractivity contribution is 7.22. The number of nitrogens with one attached hydrogen (secondary N) is 1. The summed E-state index contributed by atoms with van der Waals surface area (Å²) in [5.41, 5.74) is 1.60. The molecule has 3 aromatic rings. The van der Waals surface area contributed by atoms with Gasteiger partial charge in [-0.15, -0.1) is 0 Å². The normalized spacial score (nSPS) is 10.8. The lowest BCUT2D eigenvalue weighted by Crippen LogP contribution is -2.11. The van der Waals surface area contributed by atoms with E-state index in [1.54, 1.807) is 12.1 Å². The van der Waals surface area contributed by atoms with E-state index in [1.807, 2.05) is 19.1 Å². The fraction of sp³-hybridized carbons (Fsp3) is 0.0769. The Balaban J connectivity index is 1.89. The number of thiazole rings is 1. The molecule has 0 saturated carbocycles. The maximum absolute atomic E-state index is 12.0. The highest BCUT2D eigenvalue weighted by atomic mass is 35.5. The highest BCUT2D eigenvalue weighted by Crippen LogP contribution is 2.28. The zero-order valence-corrected chi connectivity index (χ0v) is 11.5. The van der Waals surface area contributed by atoms with Gasteiger partial charge in [0.1, 0.15) is 0 Å². The van der Waals surface area contributed by atoms with Crippen molar-refractivity contribution in [3.05, 3.63) is 46.9 Å². The Hall–Kier alpha value is -1.85. The van der Waals surface area contributed by atoms with Gasteiger partial charge >= 0.3 is 0 Å². The summed E-state index contributed by atoms with van der Waals surface area (Å²) in [7, 11) is 0. The molecule has 96 valence electrons. The molecule has 1 aromatic carbocycles. The van der Waals surface area contributed by atoms with E-state index >= 15 is 0 Å². The van der Waals surface area contributed by atoms with Gasteiger partial charge in [-0.3, -0.25) is 10.1 Å². The van der Waals surface area contributed by atoms with Crippen LogP contribution in [0.3, 0.4) is 0 Å². The summed E-state index contributed by atoms with van der Waals surface area (Å²) in [5.74, 6) is 0.00458. The first kappa shape index (κ1) is 12.2. The molecular formula is C13H9ClN2O2S. The number of benzene rings is 1. The number of fused-ring (bicyclic) bond motifs is 1. The minimum atomic E-state index is -0.298. The topological polar surface area (TPSA) is 55.1 Å². The van der Waals surface area contributed by atoms with Crippen LogP contribution in [0.5, 0.6) is 0 Å². The Morgan fingerprint density at radius 3 is 3.00 bits per heavy atom. The molecule has 0 aliphatic carbocycles. The molecule has 0 bridgehead atoms. The first-order chi connectivity index (χ1) is 9.13. The van der Waals surface area contributed by atoms with Crippen LogP contribution in [-0.2, 0) is 0 Å². The molecule has 0 aliphatic heterocycles. The van der Waals surface area contributed by atoms with Crippen LogP contribution in [-0.4, -0.2) is 10.9 Å². The summed E-state index contributed by atoms with van der Waals surface area (Å²) in [6, 6.07) is 7.16. The van der Waals surface area contributed by atoms with Gasteiger partial charge < -0.3 is 4.42 Å². The van der Waals surface area contributed by atoms with E-state index in [0.29, 0.717) is 15.9 Å². The maximum atomic E-state index is 12.0. The third-order valence-corrected chi connectivity index (χ3v) is 3.81. The van der Waals surface area contributed by atoms with Crippen molar-refractivity contribution in [1.29, 1.82) is 0 Å². The van der Waals surface area contributed by atoms with Gasteiger partial charge in [0.25, 0.3) is 5.91 Å². The zero-order chi connectivity index (χ0) is 13.4. The Morgan fingerprint density at radius 2 is 2.26 bits per heavy atom. The average molecular weight is 293 g/mol. The summed E-state index contributed by atoms with van der Waals surface area (Å²) in [6.45, 7) is 1.82. The number of carbonyl (C=O) groups excluding carboxylic acids is 1. The highest BCUT2D eigenvalue weighted by Gasteiger charge is 2.14. The number of rotatable bonds is 2. The van der Waals surface area contributed by atoms with Gasteiger partial charge in [0.15, 0.2) is 10.9 Å². The number of anilines is 1. The van der Waals surface area contributed by atoms with Crippen molar-refractivity contribution in [2.45, 2.75) is 6.92 Å². The van der Waals surface area contributed by atoms with Gasteiger partial charge in [-0.1, -0.05) is 22.9 Å². The smallest absolute Gasteiger partial charge is 0.293 e. The minimum absolute atomic E-state index is 0.298. The molecule has 4 nitrogen and oxygen atoms in total. The molecule has 0 atom stereocenters. The van der Waals surface area contributed by atoms with E-state index < -0.39 is 0 Å². The van der Waals surface area contributed by atoms with Crippen molar-refractivity contribution >= 4 is 44.2 Å². The standard InChI is InChI=1S/C13H9ClN2O2S/c1-7-4-5-18-11(7)12(17)16-13-15-9-3-2-8(14)6-10(9)19-13/h2-6H,1H3,(H,15,16,17). The molecule has 0 fully saturated rings. The van der Waals surface area contributed by atoms with E-state index in [4.69, 9.17) is 16.0 Å². The van der Waals surface area contributed by atoms with Crippen LogP contribution < -0.4 is 5.32 Å². The lowest BCUT2D eigenvalue weighted by molar-refractivity contribution is 0.0996. The molecule has 0 aliphatic rings. The van der Waals surface area contributed by atoms with Crippen molar-refractivity contribution in [2.24, 2.45) is 0 Å². The van der Waals surface area contributed by atoms with Gasteiger partial charge in [-0.2, -0.15) is 0 Å². The van der Waals surface area contributed by atoms with Crippen LogP contribution in [0.1, 0.15) is 16.1 Å². The molecule has 0 unspecified atom stereocenters. The van der Waals surface area contributed by atoms with Crippen molar-refractivity contribution in [2.75, 3.05) is 5.32 Å². The molecule has 1 amide bonds. The van der Waals surface area contributed by atoms with Crippen molar-refractivity contribution in [3.8, 4) is 0 Å². The number of aromatic nitrogens is 1. The molecule has 0 saturated heterocycles. The zero-order valence-electron chi connectivity index (χ0n) is 9.94. The number of halogens is 1. The molecule has 3 rings (SSSR count). The van der Waals surface area contributed by atoms with Crippen molar-refractivity contribution < 1.29 is 9.21 Å². The van der Waals surface area contributed by atoms with Gasteiger partial charge in [-0.05, 0) is 31.2 Å². The number of nitrogens with zero attached hydrogens (tertiary/aromatic N) is 1. The summed E-state index contributed by atoms with van der Waals surface area (Å²) >= 11 is 7.29. The average Bonchev–Trinajstić information content (AvgIpc) is 2.94. The van der Waals surface area contributed by atoms with Gasteiger partial charge in [0, 0.05) is 10.6 Å². The van der Waals surface area contributed by atoms with Crippen LogP contribution in [0, 0.1) is 6.92 Å². The fourth-order valence-electron chi connectivity index (χ4n) is 1.71. The van der Waals surface area contributed by atoms with E-state index in [1.165, 1.54) is 17.6 Å². The number of aryl methyl sites for hydroxylation is 1. The Kier molecular flexibility index (Phi) is 3.00. The van der Waals surface area contributed by atoms with Crippen molar-refractivity contribution in [3.63, 3.8) is 0 Å². The molecule has 6 heteroatoms. The Bertz CT molecular complexity index is 763. The van der Waals surface area contributed by atoms with Gasteiger partial charge in [0.2, 0.25) is 0 Å². The lowest BCUT2D eigenvalue weighted by Gasteiger charge is -1.98. The second kappa shape index (κ2) is 4.68. The second-order valence-electron chi connectivity index (χ2n) is 4.02. The second-order valence-corrected chi connectivity index (χ2v) is 5.49. The van der Waals surface area contributed by atoms with E-state index in [2.05, 4.69) is 10.3 Å². The monoisotopic (exact) mass is 292 g/mol. The fourth-order valence-corrected chi connectivity index (χ4v) is 2.85. The first-order valence-corrected chi connectivity index (χ1v) is 6.74. The van der Waals surface area contributed by atoms with Crippen LogP contribution in [0.25, 0.3) is 10.2 Å². The number of amides is 1. The summed E-state index contributed by atoms with van der Waals surface area (Å²) in [5, 5.41) is 3.90. The predicted octanol–water partition coefficient (Wildman–Crippen LogP) is 4.10.